The van der Waals surface area contributed by atoms with Crippen LogP contribution in [-0.2, 0) is 16.6 Å². The molecule has 0 N–H and O–H groups in total. The topological polar surface area (TPSA) is 40.6 Å². The van der Waals surface area contributed by atoms with Gasteiger partial charge in [-0.2, -0.15) is 4.31 Å². The molecule has 0 unspecified atom stereocenters. The van der Waals surface area contributed by atoms with E-state index in [1.165, 1.54) is 12.1 Å². The standard InChI is InChI=1S/C15H23FN2O2S.ClH/c1-2-3-11-21(19,20)18-9-7-17(8-10-18)13-14-5-4-6-15(16)12-14;/h4-6,12H,2-3,7-11,13H2,1H3;1H. The number of unbranched alkanes of at least 4 members (excludes halogenated alkanes) is 1. The van der Waals surface area contributed by atoms with E-state index >= 15 is 0 Å². The van der Waals surface area contributed by atoms with Crippen LogP contribution in [0.25, 0.3) is 0 Å². The second-order valence-electron chi connectivity index (χ2n) is 5.47. The second-order valence-corrected chi connectivity index (χ2v) is 7.56. The van der Waals surface area contributed by atoms with Crippen LogP contribution in [0.15, 0.2) is 24.3 Å². The van der Waals surface area contributed by atoms with Crippen molar-refractivity contribution in [3.05, 3.63) is 35.6 Å². The molecule has 0 bridgehead atoms. The van der Waals surface area contributed by atoms with Gasteiger partial charge in [0.1, 0.15) is 5.82 Å². The van der Waals surface area contributed by atoms with E-state index < -0.39 is 10.0 Å². The van der Waals surface area contributed by atoms with Crippen LogP contribution in [0.3, 0.4) is 0 Å². The Kier molecular flexibility index (Phi) is 7.76. The van der Waals surface area contributed by atoms with E-state index in [4.69, 9.17) is 0 Å². The molecule has 0 aromatic heterocycles. The van der Waals surface area contributed by atoms with E-state index in [1.54, 1.807) is 10.4 Å². The van der Waals surface area contributed by atoms with Crippen LogP contribution in [0, 0.1) is 5.82 Å². The number of halogens is 2. The van der Waals surface area contributed by atoms with Crippen molar-refractivity contribution < 1.29 is 12.8 Å². The second kappa shape index (κ2) is 8.82. The highest BCUT2D eigenvalue weighted by Gasteiger charge is 2.26. The zero-order chi connectivity index (χ0) is 15.3. The molecule has 22 heavy (non-hydrogen) atoms. The number of piperazine rings is 1. The maximum absolute atomic E-state index is 13.2. The highest BCUT2D eigenvalue weighted by Crippen LogP contribution is 2.13. The van der Waals surface area contributed by atoms with Gasteiger partial charge in [-0.1, -0.05) is 25.5 Å². The van der Waals surface area contributed by atoms with Gasteiger partial charge in [0.25, 0.3) is 0 Å². The maximum atomic E-state index is 13.2. The summed E-state index contributed by atoms with van der Waals surface area (Å²) in [5, 5.41) is 0. The lowest BCUT2D eigenvalue weighted by atomic mass is 10.2. The molecule has 4 nitrogen and oxygen atoms in total. The van der Waals surface area contributed by atoms with Gasteiger partial charge >= 0.3 is 0 Å². The normalized spacial score (nSPS) is 17.2. The van der Waals surface area contributed by atoms with Gasteiger partial charge in [-0.15, -0.1) is 12.4 Å². The van der Waals surface area contributed by atoms with Crippen LogP contribution in [-0.4, -0.2) is 49.6 Å². The molecule has 0 spiro atoms. The smallest absolute Gasteiger partial charge is 0.214 e. The van der Waals surface area contributed by atoms with Gasteiger partial charge < -0.3 is 0 Å². The number of nitrogens with zero attached hydrogens (tertiary/aromatic N) is 2. The van der Waals surface area contributed by atoms with Crippen molar-refractivity contribution >= 4 is 22.4 Å². The molecule has 2 rings (SSSR count). The third-order valence-corrected chi connectivity index (χ3v) is 5.73. The number of hydrogen-bond donors (Lipinski definition) is 0. The van der Waals surface area contributed by atoms with Gasteiger partial charge in [-0.25, -0.2) is 12.8 Å². The van der Waals surface area contributed by atoms with Crippen LogP contribution >= 0.6 is 12.4 Å². The van der Waals surface area contributed by atoms with Crippen molar-refractivity contribution in [3.8, 4) is 0 Å². The SMILES string of the molecule is CCCCS(=O)(=O)N1CCN(Cc2cccc(F)c2)CC1.Cl. The fraction of sp³-hybridized carbons (Fsp3) is 0.600. The summed E-state index contributed by atoms with van der Waals surface area (Å²) in [5.41, 5.74) is 0.928. The summed E-state index contributed by atoms with van der Waals surface area (Å²) in [5.74, 6) is 0.0150. The highest BCUT2D eigenvalue weighted by atomic mass is 35.5. The van der Waals surface area contributed by atoms with Gasteiger partial charge in [0.15, 0.2) is 0 Å². The van der Waals surface area contributed by atoms with Crippen molar-refractivity contribution in [2.24, 2.45) is 0 Å². The zero-order valence-electron chi connectivity index (χ0n) is 12.9. The van der Waals surface area contributed by atoms with E-state index in [0.717, 1.165) is 12.0 Å². The Morgan fingerprint density at radius 2 is 1.86 bits per heavy atom. The molecule has 0 aliphatic carbocycles. The summed E-state index contributed by atoms with van der Waals surface area (Å²) in [6, 6.07) is 6.57. The molecule has 1 aliphatic heterocycles. The summed E-state index contributed by atoms with van der Waals surface area (Å²) in [7, 11) is -3.10. The highest BCUT2D eigenvalue weighted by molar-refractivity contribution is 7.89. The van der Waals surface area contributed by atoms with E-state index in [-0.39, 0.29) is 24.0 Å². The molecular weight excluding hydrogens is 327 g/mol. The molecule has 1 heterocycles. The Morgan fingerprint density at radius 1 is 1.18 bits per heavy atom. The van der Waals surface area contributed by atoms with Crippen LogP contribution in [0.1, 0.15) is 25.3 Å². The molecule has 1 saturated heterocycles. The Bertz CT molecular complexity index is 560. The minimum absolute atomic E-state index is 0. The van der Waals surface area contributed by atoms with E-state index in [1.807, 2.05) is 13.0 Å². The summed E-state index contributed by atoms with van der Waals surface area (Å²) in [6.45, 7) is 5.11. The van der Waals surface area contributed by atoms with E-state index in [9.17, 15) is 12.8 Å². The summed E-state index contributed by atoms with van der Waals surface area (Å²) >= 11 is 0. The third-order valence-electron chi connectivity index (χ3n) is 3.78. The van der Waals surface area contributed by atoms with Gasteiger partial charge in [-0.05, 0) is 24.1 Å². The summed E-state index contributed by atoms with van der Waals surface area (Å²) in [6.07, 6.45) is 1.60. The molecule has 1 aromatic rings. The molecule has 0 radical (unpaired) electrons. The first-order chi connectivity index (χ1) is 10.0. The predicted octanol–water partition coefficient (Wildman–Crippen LogP) is 2.50. The number of rotatable bonds is 6. The zero-order valence-corrected chi connectivity index (χ0v) is 14.5. The molecule has 126 valence electrons. The first-order valence-electron chi connectivity index (χ1n) is 7.46. The van der Waals surface area contributed by atoms with Crippen molar-refractivity contribution in [2.75, 3.05) is 31.9 Å². The largest absolute Gasteiger partial charge is 0.296 e. The average molecular weight is 351 g/mol. The molecule has 1 aliphatic rings. The fourth-order valence-corrected chi connectivity index (χ4v) is 4.15. The fourth-order valence-electron chi connectivity index (χ4n) is 2.52. The monoisotopic (exact) mass is 350 g/mol. The average Bonchev–Trinajstić information content (AvgIpc) is 2.46. The summed E-state index contributed by atoms with van der Waals surface area (Å²) < 4.78 is 39.0. The molecule has 0 saturated carbocycles. The molecule has 7 heteroatoms. The third kappa shape index (κ3) is 5.50. The lowest BCUT2D eigenvalue weighted by Crippen LogP contribution is -2.48. The Labute approximate surface area is 138 Å². The first-order valence-corrected chi connectivity index (χ1v) is 9.07. The van der Waals surface area contributed by atoms with Crippen LogP contribution < -0.4 is 0 Å². The Hall–Kier alpha value is -0.690. The first kappa shape index (κ1) is 19.4. The lowest BCUT2D eigenvalue weighted by molar-refractivity contribution is 0.181. The van der Waals surface area contributed by atoms with Crippen LogP contribution in [0.5, 0.6) is 0 Å². The van der Waals surface area contributed by atoms with Crippen molar-refractivity contribution in [1.29, 1.82) is 0 Å². The molecule has 0 atom stereocenters. The van der Waals surface area contributed by atoms with Crippen molar-refractivity contribution in [1.82, 2.24) is 9.21 Å². The van der Waals surface area contributed by atoms with E-state index in [2.05, 4.69) is 4.90 Å². The number of benzene rings is 1. The van der Waals surface area contributed by atoms with E-state index in [0.29, 0.717) is 39.1 Å². The molecular formula is C15H24ClFN2O2S. The van der Waals surface area contributed by atoms with Gasteiger partial charge in [-0.3, -0.25) is 4.90 Å². The van der Waals surface area contributed by atoms with Crippen LogP contribution in [0.2, 0.25) is 0 Å². The Morgan fingerprint density at radius 3 is 2.45 bits per heavy atom. The number of hydrogen-bond acceptors (Lipinski definition) is 3. The lowest BCUT2D eigenvalue weighted by Gasteiger charge is -2.34. The quantitative estimate of drug-likeness (QED) is 0.791. The maximum Gasteiger partial charge on any atom is 0.214 e. The van der Waals surface area contributed by atoms with Gasteiger partial charge in [0, 0.05) is 32.7 Å². The minimum Gasteiger partial charge on any atom is -0.296 e. The summed E-state index contributed by atoms with van der Waals surface area (Å²) in [4.78, 5) is 2.17. The van der Waals surface area contributed by atoms with Crippen molar-refractivity contribution in [2.45, 2.75) is 26.3 Å². The van der Waals surface area contributed by atoms with Crippen LogP contribution in [0.4, 0.5) is 4.39 Å². The molecule has 1 fully saturated rings. The minimum atomic E-state index is -3.10. The van der Waals surface area contributed by atoms with Gasteiger partial charge in [0.05, 0.1) is 5.75 Å². The van der Waals surface area contributed by atoms with Gasteiger partial charge in [0.2, 0.25) is 10.0 Å². The molecule has 1 aromatic carbocycles. The predicted molar refractivity (Wildman–Crippen MR) is 89.2 cm³/mol. The Balaban J connectivity index is 0.00000242. The van der Waals surface area contributed by atoms with Crippen molar-refractivity contribution in [3.63, 3.8) is 0 Å². The molecule has 0 amide bonds. The number of sulfonamides is 1.